The van der Waals surface area contributed by atoms with Crippen LogP contribution in [0.3, 0.4) is 0 Å². The predicted octanol–water partition coefficient (Wildman–Crippen LogP) is 3.92. The van der Waals surface area contributed by atoms with Crippen molar-refractivity contribution in [3.8, 4) is 0 Å². The molecule has 0 aromatic heterocycles. The molecule has 0 aliphatic rings. The molecule has 1 N–H and O–H groups in total. The van der Waals surface area contributed by atoms with Crippen molar-refractivity contribution < 1.29 is 4.74 Å². The van der Waals surface area contributed by atoms with E-state index in [1.165, 1.54) is 16.3 Å². The molecule has 0 saturated carbocycles. The highest BCUT2D eigenvalue weighted by molar-refractivity contribution is 5.83. The average molecular weight is 257 g/mol. The second-order valence-electron chi connectivity index (χ2n) is 5.36. The average Bonchev–Trinajstić information content (AvgIpc) is 2.39. The van der Waals surface area contributed by atoms with E-state index in [2.05, 4.69) is 61.6 Å². The van der Waals surface area contributed by atoms with Crippen LogP contribution in [0.4, 0.5) is 0 Å². The Morgan fingerprint density at radius 3 is 2.42 bits per heavy atom. The molecule has 0 aliphatic carbocycles. The maximum atomic E-state index is 5.89. The molecule has 0 radical (unpaired) electrons. The molecular formula is C17H23NO. The molecule has 102 valence electrons. The summed E-state index contributed by atoms with van der Waals surface area (Å²) in [5.41, 5.74) is 1.03. The van der Waals surface area contributed by atoms with Gasteiger partial charge in [-0.05, 0) is 50.2 Å². The highest BCUT2D eigenvalue weighted by Crippen LogP contribution is 2.30. The topological polar surface area (TPSA) is 21.3 Å². The van der Waals surface area contributed by atoms with Gasteiger partial charge in [-0.3, -0.25) is 0 Å². The lowest BCUT2D eigenvalue weighted by atomic mass is 9.90. The highest BCUT2D eigenvalue weighted by Gasteiger charge is 2.30. The maximum absolute atomic E-state index is 5.89. The largest absolute Gasteiger partial charge is 0.374 e. The van der Waals surface area contributed by atoms with Crippen LogP contribution >= 0.6 is 0 Å². The van der Waals surface area contributed by atoms with Crippen molar-refractivity contribution in [2.75, 3.05) is 13.7 Å². The number of benzene rings is 2. The van der Waals surface area contributed by atoms with Gasteiger partial charge in [-0.1, -0.05) is 36.4 Å². The summed E-state index contributed by atoms with van der Waals surface area (Å²) in [6, 6.07) is 15.2. The molecule has 0 bridgehead atoms. The van der Waals surface area contributed by atoms with E-state index < -0.39 is 0 Å². The Kier molecular flexibility index (Phi) is 4.23. The Morgan fingerprint density at radius 1 is 1.11 bits per heavy atom. The maximum Gasteiger partial charge on any atom is 0.0820 e. The molecule has 2 heteroatoms. The Labute approximate surface area is 115 Å². The lowest BCUT2D eigenvalue weighted by Gasteiger charge is -2.34. The Balaban J connectivity index is 2.40. The van der Waals surface area contributed by atoms with E-state index in [1.54, 1.807) is 0 Å². The molecule has 0 heterocycles. The zero-order chi connectivity index (χ0) is 13.9. The first kappa shape index (κ1) is 14.0. The first-order valence-electron chi connectivity index (χ1n) is 6.88. The monoisotopic (exact) mass is 257 g/mol. The van der Waals surface area contributed by atoms with Gasteiger partial charge < -0.3 is 10.1 Å². The summed E-state index contributed by atoms with van der Waals surface area (Å²) in [5.74, 6) is 0. The predicted molar refractivity (Wildman–Crippen MR) is 81.5 cm³/mol. The molecule has 2 rings (SSSR count). The summed E-state index contributed by atoms with van der Waals surface area (Å²) in [7, 11) is 1.99. The SMILES string of the molecule is CCOC(C)(C)C(NC)c1ccc2ccccc2c1. The Morgan fingerprint density at radius 2 is 1.79 bits per heavy atom. The smallest absolute Gasteiger partial charge is 0.0820 e. The molecule has 1 atom stereocenters. The van der Waals surface area contributed by atoms with Crippen LogP contribution in [-0.4, -0.2) is 19.3 Å². The summed E-state index contributed by atoms with van der Waals surface area (Å²) in [5, 5.41) is 5.93. The zero-order valence-corrected chi connectivity index (χ0v) is 12.2. The fourth-order valence-electron chi connectivity index (χ4n) is 2.76. The van der Waals surface area contributed by atoms with E-state index in [1.807, 2.05) is 14.0 Å². The third-order valence-corrected chi connectivity index (χ3v) is 3.61. The summed E-state index contributed by atoms with van der Waals surface area (Å²) < 4.78 is 5.89. The van der Waals surface area contributed by atoms with Gasteiger partial charge in [0.2, 0.25) is 0 Å². The van der Waals surface area contributed by atoms with Crippen LogP contribution < -0.4 is 5.32 Å². The second-order valence-corrected chi connectivity index (χ2v) is 5.36. The van der Waals surface area contributed by atoms with E-state index >= 15 is 0 Å². The molecule has 0 aliphatic heterocycles. The van der Waals surface area contributed by atoms with Gasteiger partial charge in [0.15, 0.2) is 0 Å². The molecule has 2 aromatic rings. The lowest BCUT2D eigenvalue weighted by Crippen LogP contribution is -2.40. The summed E-state index contributed by atoms with van der Waals surface area (Å²) in [6.07, 6.45) is 0. The van der Waals surface area contributed by atoms with Gasteiger partial charge in [-0.2, -0.15) is 0 Å². The van der Waals surface area contributed by atoms with Gasteiger partial charge in [-0.15, -0.1) is 0 Å². The second kappa shape index (κ2) is 5.72. The molecule has 1 unspecified atom stereocenters. The minimum atomic E-state index is -0.230. The number of rotatable bonds is 5. The van der Waals surface area contributed by atoms with Gasteiger partial charge in [0.25, 0.3) is 0 Å². The number of ether oxygens (including phenoxy) is 1. The van der Waals surface area contributed by atoms with Crippen molar-refractivity contribution in [3.05, 3.63) is 48.0 Å². The standard InChI is InChI=1S/C17H23NO/c1-5-19-17(2,3)16(18-4)15-11-10-13-8-6-7-9-14(13)12-15/h6-12,16,18H,5H2,1-4H3. The van der Waals surface area contributed by atoms with E-state index in [0.29, 0.717) is 0 Å². The van der Waals surface area contributed by atoms with Crippen molar-refractivity contribution in [1.29, 1.82) is 0 Å². The van der Waals surface area contributed by atoms with Gasteiger partial charge in [0, 0.05) is 6.61 Å². The van der Waals surface area contributed by atoms with E-state index in [9.17, 15) is 0 Å². The van der Waals surface area contributed by atoms with Crippen molar-refractivity contribution in [3.63, 3.8) is 0 Å². The van der Waals surface area contributed by atoms with Gasteiger partial charge >= 0.3 is 0 Å². The Bertz CT molecular complexity index is 548. The molecule has 0 saturated heterocycles. The molecule has 0 amide bonds. The molecule has 2 nitrogen and oxygen atoms in total. The zero-order valence-electron chi connectivity index (χ0n) is 12.2. The normalized spacial score (nSPS) is 13.7. The fraction of sp³-hybridized carbons (Fsp3) is 0.412. The van der Waals surface area contributed by atoms with E-state index in [-0.39, 0.29) is 11.6 Å². The number of hydrogen-bond donors (Lipinski definition) is 1. The van der Waals surface area contributed by atoms with E-state index in [0.717, 1.165) is 6.61 Å². The molecular weight excluding hydrogens is 234 g/mol. The number of fused-ring (bicyclic) bond motifs is 1. The van der Waals surface area contributed by atoms with Crippen LogP contribution in [-0.2, 0) is 4.74 Å². The molecule has 19 heavy (non-hydrogen) atoms. The fourth-order valence-corrected chi connectivity index (χ4v) is 2.76. The van der Waals surface area contributed by atoms with Crippen LogP contribution in [0.1, 0.15) is 32.4 Å². The number of hydrogen-bond acceptors (Lipinski definition) is 2. The van der Waals surface area contributed by atoms with Crippen molar-refractivity contribution >= 4 is 10.8 Å². The molecule has 0 fully saturated rings. The van der Waals surface area contributed by atoms with Gasteiger partial charge in [0.05, 0.1) is 11.6 Å². The van der Waals surface area contributed by atoms with Crippen LogP contribution in [0.5, 0.6) is 0 Å². The summed E-state index contributed by atoms with van der Waals surface area (Å²) in [4.78, 5) is 0. The third kappa shape index (κ3) is 2.96. The van der Waals surface area contributed by atoms with Crippen LogP contribution in [0.2, 0.25) is 0 Å². The van der Waals surface area contributed by atoms with Crippen molar-refractivity contribution in [2.24, 2.45) is 0 Å². The first-order chi connectivity index (χ1) is 9.08. The van der Waals surface area contributed by atoms with Crippen molar-refractivity contribution in [2.45, 2.75) is 32.4 Å². The summed E-state index contributed by atoms with van der Waals surface area (Å²) in [6.45, 7) is 7.02. The summed E-state index contributed by atoms with van der Waals surface area (Å²) >= 11 is 0. The number of nitrogens with one attached hydrogen (secondary N) is 1. The number of likely N-dealkylation sites (N-methyl/N-ethyl adjacent to an activating group) is 1. The van der Waals surface area contributed by atoms with Crippen LogP contribution in [0.15, 0.2) is 42.5 Å². The van der Waals surface area contributed by atoms with Crippen LogP contribution in [0.25, 0.3) is 10.8 Å². The molecule has 2 aromatic carbocycles. The van der Waals surface area contributed by atoms with E-state index in [4.69, 9.17) is 4.74 Å². The quantitative estimate of drug-likeness (QED) is 0.876. The minimum Gasteiger partial charge on any atom is -0.374 e. The third-order valence-electron chi connectivity index (χ3n) is 3.61. The molecule has 0 spiro atoms. The highest BCUT2D eigenvalue weighted by atomic mass is 16.5. The van der Waals surface area contributed by atoms with Crippen molar-refractivity contribution in [1.82, 2.24) is 5.32 Å². The minimum absolute atomic E-state index is 0.178. The van der Waals surface area contributed by atoms with Gasteiger partial charge in [0.1, 0.15) is 0 Å². The first-order valence-corrected chi connectivity index (χ1v) is 6.88. The lowest BCUT2D eigenvalue weighted by molar-refractivity contribution is -0.0374. The van der Waals surface area contributed by atoms with Crippen LogP contribution in [0, 0.1) is 0 Å². The van der Waals surface area contributed by atoms with Gasteiger partial charge in [-0.25, -0.2) is 0 Å². The Hall–Kier alpha value is -1.38.